The second-order valence-corrected chi connectivity index (χ2v) is 7.15. The Kier molecular flexibility index (Phi) is 6.01. The lowest BCUT2D eigenvalue weighted by Gasteiger charge is -2.31. The van der Waals surface area contributed by atoms with Gasteiger partial charge in [0.2, 0.25) is 5.91 Å². The van der Waals surface area contributed by atoms with E-state index in [0.29, 0.717) is 48.0 Å². The zero-order valence-electron chi connectivity index (χ0n) is 15.5. The number of nitrogens with one attached hydrogen (secondary N) is 1. The Morgan fingerprint density at radius 3 is 2.52 bits per heavy atom. The van der Waals surface area contributed by atoms with Crippen LogP contribution in [0, 0.1) is 12.8 Å². The van der Waals surface area contributed by atoms with Crippen LogP contribution in [-0.4, -0.2) is 36.9 Å². The van der Waals surface area contributed by atoms with Crippen LogP contribution in [-0.2, 0) is 4.79 Å². The lowest BCUT2D eigenvalue weighted by Crippen LogP contribution is -2.41. The van der Waals surface area contributed by atoms with Crippen molar-refractivity contribution in [1.29, 1.82) is 0 Å². The molecule has 6 heteroatoms. The number of piperidine rings is 1. The Hall–Kier alpha value is -2.53. The van der Waals surface area contributed by atoms with Crippen LogP contribution >= 0.6 is 11.6 Å². The molecular formula is C21H23ClN2O3. The third-order valence-electron chi connectivity index (χ3n) is 4.87. The van der Waals surface area contributed by atoms with Gasteiger partial charge in [0.1, 0.15) is 5.75 Å². The summed E-state index contributed by atoms with van der Waals surface area (Å²) in [6, 6.07) is 12.7. The summed E-state index contributed by atoms with van der Waals surface area (Å²) in [7, 11) is 1.58. The molecule has 0 bridgehead atoms. The maximum atomic E-state index is 12.7. The second-order valence-electron chi connectivity index (χ2n) is 6.74. The molecule has 1 aliphatic heterocycles. The highest BCUT2D eigenvalue weighted by Gasteiger charge is 2.28. The maximum Gasteiger partial charge on any atom is 0.255 e. The lowest BCUT2D eigenvalue weighted by atomic mass is 9.95. The minimum absolute atomic E-state index is 0.0382. The molecule has 0 saturated carbocycles. The number of anilines is 1. The molecule has 0 radical (unpaired) electrons. The SMILES string of the molecule is COc1ccc(C)cc1NC(=O)C1CCN(C(=O)c2ccccc2Cl)CC1. The fourth-order valence-electron chi connectivity index (χ4n) is 3.30. The molecule has 27 heavy (non-hydrogen) atoms. The molecule has 0 aromatic heterocycles. The summed E-state index contributed by atoms with van der Waals surface area (Å²) in [5.41, 5.74) is 2.23. The fraction of sp³-hybridized carbons (Fsp3) is 0.333. The van der Waals surface area contributed by atoms with E-state index < -0.39 is 0 Å². The van der Waals surface area contributed by atoms with Gasteiger partial charge in [-0.05, 0) is 49.6 Å². The molecule has 0 unspecified atom stereocenters. The van der Waals surface area contributed by atoms with E-state index in [4.69, 9.17) is 16.3 Å². The number of likely N-dealkylation sites (tertiary alicyclic amines) is 1. The van der Waals surface area contributed by atoms with Gasteiger partial charge in [-0.25, -0.2) is 0 Å². The van der Waals surface area contributed by atoms with Crippen molar-refractivity contribution in [2.45, 2.75) is 19.8 Å². The number of rotatable bonds is 4. The Morgan fingerprint density at radius 2 is 1.85 bits per heavy atom. The fourth-order valence-corrected chi connectivity index (χ4v) is 3.52. The smallest absolute Gasteiger partial charge is 0.255 e. The van der Waals surface area contributed by atoms with Gasteiger partial charge in [-0.15, -0.1) is 0 Å². The van der Waals surface area contributed by atoms with Crippen molar-refractivity contribution in [3.05, 3.63) is 58.6 Å². The van der Waals surface area contributed by atoms with Gasteiger partial charge in [0.05, 0.1) is 23.4 Å². The Labute approximate surface area is 164 Å². The first kappa shape index (κ1) is 19.2. The number of carbonyl (C=O) groups is 2. The van der Waals surface area contributed by atoms with Gasteiger partial charge in [-0.3, -0.25) is 9.59 Å². The van der Waals surface area contributed by atoms with Crippen LogP contribution in [0.5, 0.6) is 5.75 Å². The molecule has 2 aromatic carbocycles. The number of hydrogen-bond acceptors (Lipinski definition) is 3. The average Bonchev–Trinajstić information content (AvgIpc) is 2.68. The van der Waals surface area contributed by atoms with Crippen molar-refractivity contribution >= 4 is 29.1 Å². The molecule has 0 aliphatic carbocycles. The molecule has 1 heterocycles. The van der Waals surface area contributed by atoms with Gasteiger partial charge in [-0.1, -0.05) is 29.8 Å². The number of benzene rings is 2. The Morgan fingerprint density at radius 1 is 1.15 bits per heavy atom. The highest BCUT2D eigenvalue weighted by Crippen LogP contribution is 2.28. The second kappa shape index (κ2) is 8.44. The predicted molar refractivity (Wildman–Crippen MR) is 106 cm³/mol. The first-order chi connectivity index (χ1) is 13.0. The molecule has 1 N–H and O–H groups in total. The molecular weight excluding hydrogens is 364 g/mol. The maximum absolute atomic E-state index is 12.7. The van der Waals surface area contributed by atoms with E-state index in [1.165, 1.54) is 0 Å². The lowest BCUT2D eigenvalue weighted by molar-refractivity contribution is -0.121. The van der Waals surface area contributed by atoms with Crippen molar-refractivity contribution < 1.29 is 14.3 Å². The number of amides is 2. The van der Waals surface area contributed by atoms with Crippen LogP contribution in [0.15, 0.2) is 42.5 Å². The highest BCUT2D eigenvalue weighted by molar-refractivity contribution is 6.33. The minimum atomic E-state index is -0.134. The summed E-state index contributed by atoms with van der Waals surface area (Å²) in [4.78, 5) is 27.1. The third kappa shape index (κ3) is 4.42. The molecule has 2 aromatic rings. The molecule has 1 saturated heterocycles. The number of carbonyl (C=O) groups excluding carboxylic acids is 2. The number of aryl methyl sites for hydroxylation is 1. The number of hydrogen-bond donors (Lipinski definition) is 1. The van der Waals surface area contributed by atoms with E-state index in [1.54, 1.807) is 36.3 Å². The molecule has 0 atom stereocenters. The molecule has 3 rings (SSSR count). The van der Waals surface area contributed by atoms with E-state index in [0.717, 1.165) is 5.56 Å². The average molecular weight is 387 g/mol. The Bertz CT molecular complexity index is 845. The zero-order valence-corrected chi connectivity index (χ0v) is 16.3. The monoisotopic (exact) mass is 386 g/mol. The van der Waals surface area contributed by atoms with Crippen molar-refractivity contribution in [2.75, 3.05) is 25.5 Å². The summed E-state index contributed by atoms with van der Waals surface area (Å²) in [6.45, 7) is 3.04. The number of halogens is 1. The molecule has 5 nitrogen and oxygen atoms in total. The van der Waals surface area contributed by atoms with Crippen LogP contribution in [0.2, 0.25) is 5.02 Å². The highest BCUT2D eigenvalue weighted by atomic mass is 35.5. The number of ether oxygens (including phenoxy) is 1. The minimum Gasteiger partial charge on any atom is -0.495 e. The van der Waals surface area contributed by atoms with Gasteiger partial charge in [0, 0.05) is 19.0 Å². The molecule has 2 amide bonds. The van der Waals surface area contributed by atoms with Gasteiger partial charge in [0.15, 0.2) is 0 Å². The Balaban J connectivity index is 1.61. The zero-order chi connectivity index (χ0) is 19.4. The van der Waals surface area contributed by atoms with Gasteiger partial charge in [-0.2, -0.15) is 0 Å². The van der Waals surface area contributed by atoms with Gasteiger partial charge in [0.25, 0.3) is 5.91 Å². The molecule has 142 valence electrons. The van der Waals surface area contributed by atoms with Crippen molar-refractivity contribution in [2.24, 2.45) is 5.92 Å². The van der Waals surface area contributed by atoms with Crippen LogP contribution in [0.3, 0.4) is 0 Å². The summed E-state index contributed by atoms with van der Waals surface area (Å²) >= 11 is 6.13. The number of nitrogens with zero attached hydrogens (tertiary/aromatic N) is 1. The van der Waals surface area contributed by atoms with E-state index in [2.05, 4.69) is 5.32 Å². The predicted octanol–water partition coefficient (Wildman–Crippen LogP) is 4.15. The molecule has 0 spiro atoms. The first-order valence-corrected chi connectivity index (χ1v) is 9.36. The van der Waals surface area contributed by atoms with Crippen molar-refractivity contribution in [3.63, 3.8) is 0 Å². The first-order valence-electron chi connectivity index (χ1n) is 8.99. The molecule has 1 fully saturated rings. The topological polar surface area (TPSA) is 58.6 Å². The van der Waals surface area contributed by atoms with Crippen molar-refractivity contribution in [1.82, 2.24) is 4.90 Å². The van der Waals surface area contributed by atoms with Crippen LogP contribution in [0.25, 0.3) is 0 Å². The summed E-state index contributed by atoms with van der Waals surface area (Å²) in [5.74, 6) is 0.384. The van der Waals surface area contributed by atoms with Crippen LogP contribution in [0.4, 0.5) is 5.69 Å². The number of methoxy groups -OCH3 is 1. The standard InChI is InChI=1S/C21H23ClN2O3/c1-14-7-8-19(27-2)18(13-14)23-20(25)15-9-11-24(12-10-15)21(26)16-5-3-4-6-17(16)22/h3-8,13,15H,9-12H2,1-2H3,(H,23,25). The van der Waals surface area contributed by atoms with E-state index in [-0.39, 0.29) is 17.7 Å². The van der Waals surface area contributed by atoms with Gasteiger partial charge < -0.3 is 15.0 Å². The van der Waals surface area contributed by atoms with E-state index >= 15 is 0 Å². The largest absolute Gasteiger partial charge is 0.495 e. The molecule has 1 aliphatic rings. The summed E-state index contributed by atoms with van der Waals surface area (Å²) in [5, 5.41) is 3.42. The van der Waals surface area contributed by atoms with Crippen LogP contribution < -0.4 is 10.1 Å². The van der Waals surface area contributed by atoms with Crippen molar-refractivity contribution in [3.8, 4) is 5.75 Å². The van der Waals surface area contributed by atoms with Crippen LogP contribution in [0.1, 0.15) is 28.8 Å². The summed E-state index contributed by atoms with van der Waals surface area (Å²) in [6.07, 6.45) is 1.24. The quantitative estimate of drug-likeness (QED) is 0.858. The third-order valence-corrected chi connectivity index (χ3v) is 5.20. The summed E-state index contributed by atoms with van der Waals surface area (Å²) < 4.78 is 5.32. The normalized spacial score (nSPS) is 14.7. The van der Waals surface area contributed by atoms with E-state index in [9.17, 15) is 9.59 Å². The van der Waals surface area contributed by atoms with Gasteiger partial charge >= 0.3 is 0 Å². The van der Waals surface area contributed by atoms with E-state index in [1.807, 2.05) is 25.1 Å².